The fourth-order valence-electron chi connectivity index (χ4n) is 5.00. The number of aryl methyl sites for hydroxylation is 1. The molecule has 0 saturated heterocycles. The number of hydrogen-bond donors (Lipinski definition) is 3. The third-order valence-electron chi connectivity index (χ3n) is 7.16. The van der Waals surface area contributed by atoms with Gasteiger partial charge in [0.25, 0.3) is 5.91 Å². The van der Waals surface area contributed by atoms with Crippen LogP contribution in [0.15, 0.2) is 115 Å². The molecule has 2 heterocycles. The Kier molecular flexibility index (Phi) is 7.74. The van der Waals surface area contributed by atoms with Crippen LogP contribution in [0.1, 0.15) is 21.6 Å². The molecule has 6 rings (SSSR count). The number of carbonyl (C=O) groups excluding carboxylic acids is 1. The summed E-state index contributed by atoms with van der Waals surface area (Å²) in [5.41, 5.74) is 14.3. The van der Waals surface area contributed by atoms with E-state index in [1.807, 2.05) is 85.8 Å². The molecule has 0 aliphatic carbocycles. The van der Waals surface area contributed by atoms with Gasteiger partial charge in [-0.1, -0.05) is 66.7 Å². The van der Waals surface area contributed by atoms with E-state index in [9.17, 15) is 4.79 Å². The predicted octanol–water partition coefficient (Wildman–Crippen LogP) is 6.80. The lowest BCUT2D eigenvalue weighted by atomic mass is 9.97. The first-order valence-corrected chi connectivity index (χ1v) is 13.9. The smallest absolute Gasteiger partial charge is 0.255 e. The summed E-state index contributed by atoms with van der Waals surface area (Å²) in [6.45, 7) is 2.34. The van der Waals surface area contributed by atoms with E-state index in [0.29, 0.717) is 23.6 Å². The van der Waals surface area contributed by atoms with Gasteiger partial charge in [0.1, 0.15) is 12.4 Å². The Morgan fingerprint density at radius 2 is 1.69 bits per heavy atom. The molecule has 7 nitrogen and oxygen atoms in total. The molecule has 0 unspecified atom stereocenters. The zero-order valence-corrected chi connectivity index (χ0v) is 23.2. The van der Waals surface area contributed by atoms with Crippen LogP contribution in [0.5, 0.6) is 5.75 Å². The van der Waals surface area contributed by atoms with E-state index in [0.717, 1.165) is 45.4 Å². The number of carbonyl (C=O) groups is 1. The zero-order valence-electron chi connectivity index (χ0n) is 23.2. The topological polar surface area (TPSA) is 106 Å². The van der Waals surface area contributed by atoms with Gasteiger partial charge in [0.2, 0.25) is 0 Å². The molecule has 1 amide bonds. The van der Waals surface area contributed by atoms with Crippen LogP contribution < -0.4 is 15.8 Å². The number of hydrogen-bond acceptors (Lipinski definition) is 5. The van der Waals surface area contributed by atoms with Crippen molar-refractivity contribution in [1.29, 1.82) is 0 Å². The number of fused-ring (bicyclic) bond motifs is 1. The fraction of sp³-hybridized carbons (Fsp3) is 0.114. The first-order chi connectivity index (χ1) is 20.5. The molecule has 6 aromatic rings. The first kappa shape index (κ1) is 26.9. The number of benzene rings is 4. The summed E-state index contributed by atoms with van der Waals surface area (Å²) in [5, 5.41) is 11.5. The maximum atomic E-state index is 12.8. The van der Waals surface area contributed by atoms with Crippen molar-refractivity contribution in [3.63, 3.8) is 0 Å². The van der Waals surface area contributed by atoms with E-state index in [1.165, 1.54) is 5.56 Å². The molecule has 7 heteroatoms. The highest BCUT2D eigenvalue weighted by Gasteiger charge is 2.15. The van der Waals surface area contributed by atoms with E-state index < -0.39 is 0 Å². The SMILES string of the molecule is Cc1n[nH]c2ccc(-c3cc(OC[C@@H](N)Cc4ccccc4)cnc3-c3cccc(NC(=O)c4ccccc4)c3)cc12. The van der Waals surface area contributed by atoms with Crippen molar-refractivity contribution < 1.29 is 9.53 Å². The zero-order chi connectivity index (χ0) is 28.9. The molecular weight excluding hydrogens is 522 g/mol. The second-order valence-corrected chi connectivity index (χ2v) is 10.3. The van der Waals surface area contributed by atoms with Gasteiger partial charge in [-0.2, -0.15) is 5.10 Å². The quantitative estimate of drug-likeness (QED) is 0.183. The minimum Gasteiger partial charge on any atom is -0.490 e. The number of rotatable bonds is 9. The molecule has 0 fully saturated rings. The van der Waals surface area contributed by atoms with Crippen molar-refractivity contribution in [3.05, 3.63) is 132 Å². The van der Waals surface area contributed by atoms with E-state index in [2.05, 4.69) is 33.7 Å². The summed E-state index contributed by atoms with van der Waals surface area (Å²) in [5.74, 6) is 0.465. The number of nitrogens with two attached hydrogens (primary N) is 1. The van der Waals surface area contributed by atoms with E-state index in [-0.39, 0.29) is 11.9 Å². The monoisotopic (exact) mass is 553 g/mol. The molecule has 0 spiro atoms. The van der Waals surface area contributed by atoms with Crippen molar-refractivity contribution in [2.24, 2.45) is 5.73 Å². The van der Waals surface area contributed by atoms with E-state index >= 15 is 0 Å². The van der Waals surface area contributed by atoms with Gasteiger partial charge in [0.05, 0.1) is 23.1 Å². The number of ether oxygens (including phenoxy) is 1. The Morgan fingerprint density at radius 1 is 0.905 bits per heavy atom. The summed E-state index contributed by atoms with van der Waals surface area (Å²) in [4.78, 5) is 17.7. The maximum Gasteiger partial charge on any atom is 0.255 e. The van der Waals surface area contributed by atoms with Crippen LogP contribution in [-0.2, 0) is 6.42 Å². The van der Waals surface area contributed by atoms with Gasteiger partial charge in [0.15, 0.2) is 0 Å². The van der Waals surface area contributed by atoms with Crippen LogP contribution in [0.2, 0.25) is 0 Å². The molecule has 0 aliphatic heterocycles. The van der Waals surface area contributed by atoms with Crippen LogP contribution in [0, 0.1) is 6.92 Å². The Labute approximate surface area is 244 Å². The molecule has 0 bridgehead atoms. The summed E-state index contributed by atoms with van der Waals surface area (Å²) in [6.07, 6.45) is 2.45. The summed E-state index contributed by atoms with van der Waals surface area (Å²) in [6, 6.07) is 35.0. The number of H-pyrrole nitrogens is 1. The van der Waals surface area contributed by atoms with Gasteiger partial charge in [-0.05, 0) is 66.9 Å². The minimum atomic E-state index is -0.169. The number of amides is 1. The molecule has 1 atom stereocenters. The second kappa shape index (κ2) is 12.1. The number of nitrogens with zero attached hydrogens (tertiary/aromatic N) is 2. The van der Waals surface area contributed by atoms with Gasteiger partial charge in [-0.15, -0.1) is 0 Å². The maximum absolute atomic E-state index is 12.8. The number of anilines is 1. The molecule has 42 heavy (non-hydrogen) atoms. The average molecular weight is 554 g/mol. The van der Waals surface area contributed by atoms with Crippen LogP contribution >= 0.6 is 0 Å². The number of pyridine rings is 1. The number of nitrogens with one attached hydrogen (secondary N) is 2. The molecule has 2 aromatic heterocycles. The summed E-state index contributed by atoms with van der Waals surface area (Å²) >= 11 is 0. The normalized spacial score (nSPS) is 11.8. The van der Waals surface area contributed by atoms with Gasteiger partial charge >= 0.3 is 0 Å². The van der Waals surface area contributed by atoms with Crippen molar-refractivity contribution in [2.45, 2.75) is 19.4 Å². The Bertz CT molecular complexity index is 1830. The lowest BCUT2D eigenvalue weighted by molar-refractivity contribution is 0.102. The van der Waals surface area contributed by atoms with E-state index in [1.54, 1.807) is 18.3 Å². The number of aromatic nitrogens is 3. The molecular formula is C35H31N5O2. The molecule has 0 radical (unpaired) electrons. The second-order valence-electron chi connectivity index (χ2n) is 10.3. The van der Waals surface area contributed by atoms with Gasteiger partial charge in [-0.3, -0.25) is 14.9 Å². The Hall–Kier alpha value is -5.27. The van der Waals surface area contributed by atoms with Crippen molar-refractivity contribution >= 4 is 22.5 Å². The summed E-state index contributed by atoms with van der Waals surface area (Å²) in [7, 11) is 0. The standard InChI is InChI=1S/C35H31N5O2/c1-23-31-19-26(15-16-33(31)40-39-23)32-20-30(42-22-28(36)17-24-9-4-2-5-10-24)21-37-34(32)27-13-8-14-29(18-27)38-35(41)25-11-6-3-7-12-25/h2-16,18-21,28H,17,22,36H2,1H3,(H,38,41)(H,39,40)/t28-/m0/s1. The highest BCUT2D eigenvalue weighted by atomic mass is 16.5. The predicted molar refractivity (Wildman–Crippen MR) is 168 cm³/mol. The van der Waals surface area contributed by atoms with Gasteiger partial charge in [-0.25, -0.2) is 0 Å². The van der Waals surface area contributed by atoms with Crippen molar-refractivity contribution in [3.8, 4) is 28.1 Å². The highest BCUT2D eigenvalue weighted by molar-refractivity contribution is 6.04. The third kappa shape index (κ3) is 6.06. The largest absolute Gasteiger partial charge is 0.490 e. The first-order valence-electron chi connectivity index (χ1n) is 13.9. The Morgan fingerprint density at radius 3 is 2.50 bits per heavy atom. The highest BCUT2D eigenvalue weighted by Crippen LogP contribution is 2.36. The molecule has 0 saturated carbocycles. The molecule has 208 valence electrons. The van der Waals surface area contributed by atoms with Crippen molar-refractivity contribution in [1.82, 2.24) is 15.2 Å². The lowest BCUT2D eigenvalue weighted by Gasteiger charge is -2.16. The number of aromatic amines is 1. The average Bonchev–Trinajstić information content (AvgIpc) is 3.40. The third-order valence-corrected chi connectivity index (χ3v) is 7.16. The lowest BCUT2D eigenvalue weighted by Crippen LogP contribution is -2.30. The van der Waals surface area contributed by atoms with Gasteiger partial charge < -0.3 is 15.8 Å². The van der Waals surface area contributed by atoms with E-state index in [4.69, 9.17) is 15.5 Å². The minimum absolute atomic E-state index is 0.162. The van der Waals surface area contributed by atoms with Crippen LogP contribution in [-0.4, -0.2) is 33.7 Å². The molecule has 4 N–H and O–H groups in total. The van der Waals surface area contributed by atoms with Crippen molar-refractivity contribution in [2.75, 3.05) is 11.9 Å². The van der Waals surface area contributed by atoms with Gasteiger partial charge in [0, 0.05) is 33.8 Å². The molecule has 4 aromatic carbocycles. The van der Waals surface area contributed by atoms with Crippen LogP contribution in [0.25, 0.3) is 33.3 Å². The molecule has 0 aliphatic rings. The Balaban J connectivity index is 1.31. The fourth-order valence-corrected chi connectivity index (χ4v) is 5.00. The van der Waals surface area contributed by atoms with Crippen LogP contribution in [0.4, 0.5) is 5.69 Å². The summed E-state index contributed by atoms with van der Waals surface area (Å²) < 4.78 is 6.15. The van der Waals surface area contributed by atoms with Crippen LogP contribution in [0.3, 0.4) is 0 Å².